The SMILES string of the molecule is CN1CC(=O)N(CCCC(=O)N[C@@H]2CCCCc3ccccc32)C1=O. The zero-order chi connectivity index (χ0) is 17.8. The molecule has 0 radical (unpaired) electrons. The van der Waals surface area contributed by atoms with E-state index in [1.54, 1.807) is 7.05 Å². The van der Waals surface area contributed by atoms with Crippen LogP contribution < -0.4 is 5.32 Å². The van der Waals surface area contributed by atoms with E-state index in [1.165, 1.54) is 20.9 Å². The number of hydrogen-bond acceptors (Lipinski definition) is 3. The van der Waals surface area contributed by atoms with Crippen LogP contribution in [-0.4, -0.2) is 47.8 Å². The summed E-state index contributed by atoms with van der Waals surface area (Å²) in [4.78, 5) is 38.5. The van der Waals surface area contributed by atoms with Gasteiger partial charge in [0.05, 0.1) is 6.04 Å². The van der Waals surface area contributed by atoms with Crippen LogP contribution in [-0.2, 0) is 16.0 Å². The molecule has 1 saturated heterocycles. The molecule has 0 unspecified atom stereocenters. The van der Waals surface area contributed by atoms with E-state index in [9.17, 15) is 14.4 Å². The van der Waals surface area contributed by atoms with Gasteiger partial charge < -0.3 is 10.2 Å². The standard InChI is InChI=1S/C19H25N3O3/c1-21-13-18(24)22(19(21)25)12-6-11-17(23)20-16-10-5-3-8-14-7-2-4-9-15(14)16/h2,4,7,9,16H,3,5-6,8,10-13H2,1H3,(H,20,23)/t16-/m1/s1. The maximum absolute atomic E-state index is 12.3. The van der Waals surface area contributed by atoms with E-state index in [0.717, 1.165) is 25.7 Å². The van der Waals surface area contributed by atoms with E-state index in [-0.39, 0.29) is 30.4 Å². The molecule has 1 aromatic rings. The van der Waals surface area contributed by atoms with Crippen molar-refractivity contribution in [2.24, 2.45) is 0 Å². The lowest BCUT2D eigenvalue weighted by Gasteiger charge is -2.20. The summed E-state index contributed by atoms with van der Waals surface area (Å²) < 4.78 is 0. The third kappa shape index (κ3) is 4.00. The number of imide groups is 1. The van der Waals surface area contributed by atoms with Crippen LogP contribution in [0.4, 0.5) is 4.79 Å². The molecule has 6 heteroatoms. The first-order chi connectivity index (χ1) is 12.1. The van der Waals surface area contributed by atoms with Crippen molar-refractivity contribution in [2.75, 3.05) is 20.1 Å². The number of rotatable bonds is 5. The van der Waals surface area contributed by atoms with E-state index in [4.69, 9.17) is 0 Å². The molecule has 2 aliphatic rings. The van der Waals surface area contributed by atoms with Crippen LogP contribution >= 0.6 is 0 Å². The van der Waals surface area contributed by atoms with Gasteiger partial charge in [-0.25, -0.2) is 4.79 Å². The third-order valence-corrected chi connectivity index (χ3v) is 4.97. The first kappa shape index (κ1) is 17.5. The second-order valence-electron chi connectivity index (χ2n) is 6.85. The lowest BCUT2D eigenvalue weighted by molar-refractivity contribution is -0.126. The summed E-state index contributed by atoms with van der Waals surface area (Å²) in [6.45, 7) is 0.431. The first-order valence-electron chi connectivity index (χ1n) is 8.99. The lowest BCUT2D eigenvalue weighted by atomic mass is 9.99. The monoisotopic (exact) mass is 343 g/mol. The third-order valence-electron chi connectivity index (χ3n) is 4.97. The van der Waals surface area contributed by atoms with E-state index in [2.05, 4.69) is 17.4 Å². The first-order valence-corrected chi connectivity index (χ1v) is 8.99. The second-order valence-corrected chi connectivity index (χ2v) is 6.85. The molecule has 0 spiro atoms. The molecular weight excluding hydrogens is 318 g/mol. The minimum Gasteiger partial charge on any atom is -0.349 e. The number of fused-ring (bicyclic) bond motifs is 1. The van der Waals surface area contributed by atoms with Crippen LogP contribution in [0.1, 0.15) is 49.3 Å². The number of urea groups is 1. The van der Waals surface area contributed by atoms with Gasteiger partial charge in [0, 0.05) is 20.0 Å². The Morgan fingerprint density at radius 3 is 2.80 bits per heavy atom. The number of nitrogens with zero attached hydrogens (tertiary/aromatic N) is 2. The van der Waals surface area contributed by atoms with Crippen LogP contribution in [0, 0.1) is 0 Å². The Labute approximate surface area is 148 Å². The fourth-order valence-corrected chi connectivity index (χ4v) is 3.62. The van der Waals surface area contributed by atoms with Gasteiger partial charge in [-0.15, -0.1) is 0 Å². The number of benzene rings is 1. The molecule has 134 valence electrons. The van der Waals surface area contributed by atoms with Gasteiger partial charge in [-0.1, -0.05) is 30.7 Å². The molecule has 4 amide bonds. The number of likely N-dealkylation sites (N-methyl/N-ethyl adjacent to an activating group) is 1. The van der Waals surface area contributed by atoms with Gasteiger partial charge >= 0.3 is 6.03 Å². The Balaban J connectivity index is 1.51. The molecule has 1 aromatic carbocycles. The van der Waals surface area contributed by atoms with Crippen LogP contribution in [0.25, 0.3) is 0 Å². The van der Waals surface area contributed by atoms with Crippen LogP contribution in [0.2, 0.25) is 0 Å². The number of aryl methyl sites for hydroxylation is 1. The van der Waals surface area contributed by atoms with Gasteiger partial charge in [0.2, 0.25) is 11.8 Å². The van der Waals surface area contributed by atoms with E-state index >= 15 is 0 Å². The van der Waals surface area contributed by atoms with E-state index in [0.29, 0.717) is 19.4 Å². The molecule has 1 heterocycles. The second kappa shape index (κ2) is 7.68. The molecule has 1 aliphatic heterocycles. The summed E-state index contributed by atoms with van der Waals surface area (Å²) in [5, 5.41) is 3.13. The fraction of sp³-hybridized carbons (Fsp3) is 0.526. The van der Waals surface area contributed by atoms with E-state index in [1.807, 2.05) is 12.1 Å². The Hall–Kier alpha value is -2.37. The van der Waals surface area contributed by atoms with Crippen molar-refractivity contribution in [3.8, 4) is 0 Å². The molecule has 0 saturated carbocycles. The van der Waals surface area contributed by atoms with E-state index < -0.39 is 0 Å². The summed E-state index contributed by atoms with van der Waals surface area (Å²) in [6, 6.07) is 8.09. The molecule has 1 aliphatic carbocycles. The highest BCUT2D eigenvalue weighted by molar-refractivity contribution is 6.01. The van der Waals surface area contributed by atoms with Crippen molar-refractivity contribution in [1.82, 2.24) is 15.1 Å². The molecular formula is C19H25N3O3. The van der Waals surface area contributed by atoms with Crippen LogP contribution in [0.3, 0.4) is 0 Å². The summed E-state index contributed by atoms with van der Waals surface area (Å²) in [7, 11) is 1.61. The molecule has 1 N–H and O–H groups in total. The topological polar surface area (TPSA) is 69.7 Å². The molecule has 0 aromatic heterocycles. The number of hydrogen-bond donors (Lipinski definition) is 1. The number of amides is 4. The summed E-state index contributed by atoms with van der Waals surface area (Å²) in [5.41, 5.74) is 2.54. The highest BCUT2D eigenvalue weighted by Crippen LogP contribution is 2.28. The maximum Gasteiger partial charge on any atom is 0.326 e. The van der Waals surface area contributed by atoms with Crippen molar-refractivity contribution in [3.05, 3.63) is 35.4 Å². The van der Waals surface area contributed by atoms with Gasteiger partial charge in [-0.3, -0.25) is 14.5 Å². The predicted molar refractivity (Wildman–Crippen MR) is 93.9 cm³/mol. The summed E-state index contributed by atoms with van der Waals surface area (Å²) in [6.07, 6.45) is 5.08. The van der Waals surface area contributed by atoms with Gasteiger partial charge in [0.25, 0.3) is 0 Å². The zero-order valence-corrected chi connectivity index (χ0v) is 14.7. The van der Waals surface area contributed by atoms with Gasteiger partial charge in [-0.05, 0) is 36.8 Å². The Morgan fingerprint density at radius 1 is 1.24 bits per heavy atom. The minimum atomic E-state index is -0.275. The molecule has 6 nitrogen and oxygen atoms in total. The average Bonchev–Trinajstić information content (AvgIpc) is 2.76. The normalized spacial score (nSPS) is 20.4. The van der Waals surface area contributed by atoms with Crippen LogP contribution in [0.5, 0.6) is 0 Å². The molecule has 1 atom stereocenters. The Kier molecular flexibility index (Phi) is 5.36. The number of carbonyl (C=O) groups excluding carboxylic acids is 3. The van der Waals surface area contributed by atoms with Crippen molar-refractivity contribution in [1.29, 1.82) is 0 Å². The lowest BCUT2D eigenvalue weighted by Crippen LogP contribution is -2.34. The Bertz CT molecular complexity index is 674. The quantitative estimate of drug-likeness (QED) is 0.658. The molecule has 0 bridgehead atoms. The summed E-state index contributed by atoms with van der Waals surface area (Å²) in [5.74, 6) is -0.209. The Morgan fingerprint density at radius 2 is 2.04 bits per heavy atom. The predicted octanol–water partition coefficient (Wildman–Crippen LogP) is 2.24. The maximum atomic E-state index is 12.3. The van der Waals surface area contributed by atoms with Crippen molar-refractivity contribution < 1.29 is 14.4 Å². The number of nitrogens with one attached hydrogen (secondary N) is 1. The van der Waals surface area contributed by atoms with Gasteiger partial charge in [-0.2, -0.15) is 0 Å². The smallest absolute Gasteiger partial charge is 0.326 e. The average molecular weight is 343 g/mol. The highest BCUT2D eigenvalue weighted by Gasteiger charge is 2.32. The highest BCUT2D eigenvalue weighted by atomic mass is 16.2. The van der Waals surface area contributed by atoms with Crippen molar-refractivity contribution >= 4 is 17.8 Å². The largest absolute Gasteiger partial charge is 0.349 e. The van der Waals surface area contributed by atoms with Crippen molar-refractivity contribution in [3.63, 3.8) is 0 Å². The molecule has 1 fully saturated rings. The zero-order valence-electron chi connectivity index (χ0n) is 14.7. The van der Waals surface area contributed by atoms with Crippen molar-refractivity contribution in [2.45, 2.75) is 44.6 Å². The number of carbonyl (C=O) groups is 3. The molecule has 25 heavy (non-hydrogen) atoms. The van der Waals surface area contributed by atoms with Gasteiger partial charge in [0.1, 0.15) is 6.54 Å². The van der Waals surface area contributed by atoms with Gasteiger partial charge in [0.15, 0.2) is 0 Å². The fourth-order valence-electron chi connectivity index (χ4n) is 3.62. The van der Waals surface area contributed by atoms with Crippen LogP contribution in [0.15, 0.2) is 24.3 Å². The minimum absolute atomic E-state index is 0.0193. The molecule has 3 rings (SSSR count). The summed E-state index contributed by atoms with van der Waals surface area (Å²) >= 11 is 0.